The molecule has 0 bridgehead atoms. The molecule has 1 amide bonds. The van der Waals surface area contributed by atoms with Crippen molar-refractivity contribution >= 4 is 11.6 Å². The summed E-state index contributed by atoms with van der Waals surface area (Å²) in [6, 6.07) is 10.4. The molecule has 0 spiro atoms. The van der Waals surface area contributed by atoms with Gasteiger partial charge in [0.25, 0.3) is 0 Å². The molecule has 5 heteroatoms. The second-order valence-electron chi connectivity index (χ2n) is 4.53. The molecule has 5 nitrogen and oxygen atoms in total. The summed E-state index contributed by atoms with van der Waals surface area (Å²) in [5.41, 5.74) is 7.88. The standard InChI is InChI=1S/C15H17N3O2/c16-12-3-4-13(18-10-12)9-15(20)17-8-7-11-1-5-14(19)6-2-11/h1-6,10,19H,7-9,16H2,(H,17,20). The van der Waals surface area contributed by atoms with Crippen LogP contribution in [0.3, 0.4) is 0 Å². The molecular weight excluding hydrogens is 254 g/mol. The molecule has 2 rings (SSSR count). The Morgan fingerprint density at radius 2 is 1.95 bits per heavy atom. The number of aromatic nitrogens is 1. The van der Waals surface area contributed by atoms with Crippen LogP contribution in [0.1, 0.15) is 11.3 Å². The predicted molar refractivity (Wildman–Crippen MR) is 77.2 cm³/mol. The number of phenols is 1. The van der Waals surface area contributed by atoms with Crippen molar-refractivity contribution in [3.63, 3.8) is 0 Å². The van der Waals surface area contributed by atoms with Crippen molar-refractivity contribution < 1.29 is 9.90 Å². The van der Waals surface area contributed by atoms with Crippen molar-refractivity contribution in [2.75, 3.05) is 12.3 Å². The Hall–Kier alpha value is -2.56. The van der Waals surface area contributed by atoms with Crippen molar-refractivity contribution in [2.45, 2.75) is 12.8 Å². The van der Waals surface area contributed by atoms with Crippen LogP contribution < -0.4 is 11.1 Å². The number of hydrogen-bond donors (Lipinski definition) is 3. The lowest BCUT2D eigenvalue weighted by Gasteiger charge is -2.05. The van der Waals surface area contributed by atoms with Gasteiger partial charge < -0.3 is 16.2 Å². The summed E-state index contributed by atoms with van der Waals surface area (Å²) in [4.78, 5) is 15.8. The number of hydrogen-bond acceptors (Lipinski definition) is 4. The van der Waals surface area contributed by atoms with Crippen LogP contribution in [0.2, 0.25) is 0 Å². The lowest BCUT2D eigenvalue weighted by molar-refractivity contribution is -0.120. The molecule has 0 unspecified atom stereocenters. The minimum absolute atomic E-state index is 0.0685. The van der Waals surface area contributed by atoms with E-state index in [4.69, 9.17) is 10.8 Å². The molecule has 0 aliphatic rings. The maximum atomic E-state index is 11.7. The lowest BCUT2D eigenvalue weighted by atomic mass is 10.1. The number of rotatable bonds is 5. The Bertz CT molecular complexity index is 565. The van der Waals surface area contributed by atoms with Gasteiger partial charge in [-0.1, -0.05) is 12.1 Å². The van der Waals surface area contributed by atoms with Crippen LogP contribution in [-0.2, 0) is 17.6 Å². The van der Waals surface area contributed by atoms with E-state index in [1.807, 2.05) is 12.1 Å². The van der Waals surface area contributed by atoms with Gasteiger partial charge in [0.2, 0.25) is 5.91 Å². The highest BCUT2D eigenvalue weighted by molar-refractivity contribution is 5.78. The Kier molecular flexibility index (Phi) is 4.55. The van der Waals surface area contributed by atoms with Gasteiger partial charge in [-0.3, -0.25) is 9.78 Å². The zero-order chi connectivity index (χ0) is 14.4. The van der Waals surface area contributed by atoms with Crippen LogP contribution in [-0.4, -0.2) is 22.5 Å². The monoisotopic (exact) mass is 271 g/mol. The molecule has 1 heterocycles. The number of phenolic OH excluding ortho intramolecular Hbond substituents is 1. The number of nitrogen functional groups attached to an aromatic ring is 1. The van der Waals surface area contributed by atoms with Gasteiger partial charge in [-0.05, 0) is 36.2 Å². The molecule has 1 aromatic heterocycles. The highest BCUT2D eigenvalue weighted by Gasteiger charge is 2.04. The Labute approximate surface area is 117 Å². The topological polar surface area (TPSA) is 88.2 Å². The first kappa shape index (κ1) is 13.9. The van der Waals surface area contributed by atoms with Crippen molar-refractivity contribution in [1.82, 2.24) is 10.3 Å². The number of aromatic hydroxyl groups is 1. The quantitative estimate of drug-likeness (QED) is 0.764. The Morgan fingerprint density at radius 3 is 2.60 bits per heavy atom. The number of carbonyl (C=O) groups excluding carboxylic acids is 1. The SMILES string of the molecule is Nc1ccc(CC(=O)NCCc2ccc(O)cc2)nc1. The van der Waals surface area contributed by atoms with E-state index in [0.717, 1.165) is 12.0 Å². The Morgan fingerprint density at radius 1 is 1.20 bits per heavy atom. The molecule has 0 fully saturated rings. The number of pyridine rings is 1. The fourth-order valence-corrected chi connectivity index (χ4v) is 1.78. The third-order valence-electron chi connectivity index (χ3n) is 2.86. The predicted octanol–water partition coefficient (Wildman–Crippen LogP) is 1.27. The Balaban J connectivity index is 1.75. The van der Waals surface area contributed by atoms with Gasteiger partial charge in [-0.2, -0.15) is 0 Å². The summed E-state index contributed by atoms with van der Waals surface area (Å²) in [6.07, 6.45) is 2.51. The number of nitrogens with two attached hydrogens (primary N) is 1. The van der Waals surface area contributed by atoms with Crippen LogP contribution in [0.15, 0.2) is 42.6 Å². The first-order chi connectivity index (χ1) is 9.63. The molecule has 104 valence electrons. The molecule has 0 saturated heterocycles. The molecule has 0 aliphatic carbocycles. The van der Waals surface area contributed by atoms with Crippen LogP contribution in [0, 0.1) is 0 Å². The maximum Gasteiger partial charge on any atom is 0.226 e. The fourth-order valence-electron chi connectivity index (χ4n) is 1.78. The maximum absolute atomic E-state index is 11.7. The van der Waals surface area contributed by atoms with Crippen molar-refractivity contribution in [1.29, 1.82) is 0 Å². The fraction of sp³-hybridized carbons (Fsp3) is 0.200. The van der Waals surface area contributed by atoms with Crippen LogP contribution >= 0.6 is 0 Å². The molecule has 0 aliphatic heterocycles. The minimum atomic E-state index is -0.0685. The average molecular weight is 271 g/mol. The molecule has 0 radical (unpaired) electrons. The van der Waals surface area contributed by atoms with Crippen molar-refractivity contribution in [3.05, 3.63) is 53.9 Å². The van der Waals surface area contributed by atoms with E-state index in [9.17, 15) is 4.79 Å². The third-order valence-corrected chi connectivity index (χ3v) is 2.86. The minimum Gasteiger partial charge on any atom is -0.508 e. The van der Waals surface area contributed by atoms with E-state index in [0.29, 0.717) is 17.9 Å². The average Bonchev–Trinajstić information content (AvgIpc) is 2.44. The summed E-state index contributed by atoms with van der Waals surface area (Å²) in [7, 11) is 0. The third kappa shape index (κ3) is 4.28. The van der Waals surface area contributed by atoms with Gasteiger partial charge in [0.15, 0.2) is 0 Å². The number of nitrogens with zero attached hydrogens (tertiary/aromatic N) is 1. The number of carbonyl (C=O) groups is 1. The van der Waals surface area contributed by atoms with E-state index in [-0.39, 0.29) is 18.1 Å². The van der Waals surface area contributed by atoms with Gasteiger partial charge in [0.05, 0.1) is 18.3 Å². The number of benzene rings is 1. The summed E-state index contributed by atoms with van der Waals surface area (Å²) in [5.74, 6) is 0.174. The van der Waals surface area contributed by atoms with Crippen molar-refractivity contribution in [3.8, 4) is 5.75 Å². The first-order valence-electron chi connectivity index (χ1n) is 6.38. The smallest absolute Gasteiger partial charge is 0.226 e. The number of amides is 1. The molecule has 0 atom stereocenters. The highest BCUT2D eigenvalue weighted by atomic mass is 16.3. The zero-order valence-corrected chi connectivity index (χ0v) is 11.0. The molecule has 1 aromatic carbocycles. The second-order valence-corrected chi connectivity index (χ2v) is 4.53. The van der Waals surface area contributed by atoms with Gasteiger partial charge in [0.1, 0.15) is 5.75 Å². The molecule has 2 aromatic rings. The van der Waals surface area contributed by atoms with Crippen molar-refractivity contribution in [2.24, 2.45) is 0 Å². The van der Waals surface area contributed by atoms with E-state index in [1.54, 1.807) is 30.5 Å². The van der Waals surface area contributed by atoms with Crippen LogP contribution in [0.25, 0.3) is 0 Å². The van der Waals surface area contributed by atoms with E-state index in [1.165, 1.54) is 0 Å². The van der Waals surface area contributed by atoms with Crippen LogP contribution in [0.4, 0.5) is 5.69 Å². The zero-order valence-electron chi connectivity index (χ0n) is 11.0. The van der Waals surface area contributed by atoms with E-state index < -0.39 is 0 Å². The normalized spacial score (nSPS) is 10.2. The number of nitrogens with one attached hydrogen (secondary N) is 1. The number of anilines is 1. The molecule has 20 heavy (non-hydrogen) atoms. The molecular formula is C15H17N3O2. The lowest BCUT2D eigenvalue weighted by Crippen LogP contribution is -2.27. The molecule has 0 saturated carbocycles. The summed E-state index contributed by atoms with van der Waals surface area (Å²) < 4.78 is 0. The highest BCUT2D eigenvalue weighted by Crippen LogP contribution is 2.09. The van der Waals surface area contributed by atoms with E-state index >= 15 is 0 Å². The largest absolute Gasteiger partial charge is 0.508 e. The van der Waals surface area contributed by atoms with Crippen LogP contribution in [0.5, 0.6) is 5.75 Å². The second kappa shape index (κ2) is 6.56. The molecule has 4 N–H and O–H groups in total. The summed E-state index contributed by atoms with van der Waals surface area (Å²) in [6.45, 7) is 0.554. The van der Waals surface area contributed by atoms with Gasteiger partial charge >= 0.3 is 0 Å². The van der Waals surface area contributed by atoms with E-state index in [2.05, 4.69) is 10.3 Å². The van der Waals surface area contributed by atoms with Gasteiger partial charge in [-0.15, -0.1) is 0 Å². The first-order valence-corrected chi connectivity index (χ1v) is 6.38. The van der Waals surface area contributed by atoms with Gasteiger partial charge in [0, 0.05) is 12.2 Å². The summed E-state index contributed by atoms with van der Waals surface area (Å²) in [5, 5.41) is 12.0. The summed E-state index contributed by atoms with van der Waals surface area (Å²) >= 11 is 0. The van der Waals surface area contributed by atoms with Gasteiger partial charge in [-0.25, -0.2) is 0 Å².